The molecule has 1 amide bonds. The van der Waals surface area contributed by atoms with E-state index in [0.717, 1.165) is 19.5 Å². The summed E-state index contributed by atoms with van der Waals surface area (Å²) in [7, 11) is 0. The molecule has 0 spiro atoms. The highest BCUT2D eigenvalue weighted by Gasteiger charge is 2.22. The van der Waals surface area contributed by atoms with Gasteiger partial charge in [0.15, 0.2) is 0 Å². The summed E-state index contributed by atoms with van der Waals surface area (Å²) in [6.45, 7) is 2.89. The minimum atomic E-state index is -0.0453. The lowest BCUT2D eigenvalue weighted by atomic mass is 10.1. The molecule has 1 aliphatic heterocycles. The zero-order chi connectivity index (χ0) is 13.8. The summed E-state index contributed by atoms with van der Waals surface area (Å²) in [5.74, 6) is 0.467. The van der Waals surface area contributed by atoms with Crippen LogP contribution in [-0.4, -0.2) is 37.0 Å². The molecule has 3 N–H and O–H groups in total. The molecule has 1 aromatic carbocycles. The number of likely N-dealkylation sites (tertiary alicyclic amines) is 1. The Morgan fingerprint density at radius 1 is 1.40 bits per heavy atom. The van der Waals surface area contributed by atoms with Gasteiger partial charge in [0.1, 0.15) is 0 Å². The van der Waals surface area contributed by atoms with Crippen LogP contribution in [0.4, 0.5) is 5.69 Å². The number of halogens is 3. The molecule has 1 heterocycles. The maximum atomic E-state index is 11.9. The fourth-order valence-corrected chi connectivity index (χ4v) is 2.52. The second kappa shape index (κ2) is 8.05. The molecule has 2 rings (SSSR count). The zero-order valence-corrected chi connectivity index (χ0v) is 13.3. The summed E-state index contributed by atoms with van der Waals surface area (Å²) in [5.41, 5.74) is 6.29. The van der Waals surface area contributed by atoms with Crippen LogP contribution in [0.2, 0.25) is 10.0 Å². The summed E-state index contributed by atoms with van der Waals surface area (Å²) in [6, 6.07) is 5.05. The molecule has 1 atom stereocenters. The van der Waals surface area contributed by atoms with Crippen LogP contribution in [0, 0.1) is 5.92 Å². The molecule has 0 saturated carbocycles. The first-order valence-electron chi connectivity index (χ1n) is 6.26. The van der Waals surface area contributed by atoms with Gasteiger partial charge < -0.3 is 11.1 Å². The van der Waals surface area contributed by atoms with E-state index in [4.69, 9.17) is 28.9 Å². The van der Waals surface area contributed by atoms with Crippen LogP contribution in [0.25, 0.3) is 0 Å². The topological polar surface area (TPSA) is 58.4 Å². The van der Waals surface area contributed by atoms with E-state index < -0.39 is 0 Å². The average Bonchev–Trinajstić information content (AvgIpc) is 2.81. The van der Waals surface area contributed by atoms with Crippen molar-refractivity contribution in [2.45, 2.75) is 6.42 Å². The molecular weight excluding hydrogens is 321 g/mol. The van der Waals surface area contributed by atoms with E-state index in [2.05, 4.69) is 10.2 Å². The molecule has 1 aliphatic rings. The van der Waals surface area contributed by atoms with Crippen molar-refractivity contribution in [3.8, 4) is 0 Å². The first kappa shape index (κ1) is 17.5. The fraction of sp³-hybridized carbons (Fsp3) is 0.462. The molecule has 7 heteroatoms. The van der Waals surface area contributed by atoms with E-state index in [1.807, 2.05) is 0 Å². The van der Waals surface area contributed by atoms with Crippen LogP contribution in [0.3, 0.4) is 0 Å². The average molecular weight is 339 g/mol. The van der Waals surface area contributed by atoms with Crippen LogP contribution >= 0.6 is 35.6 Å². The predicted molar refractivity (Wildman–Crippen MR) is 85.9 cm³/mol. The number of hydrogen-bond donors (Lipinski definition) is 2. The number of rotatable bonds is 4. The van der Waals surface area contributed by atoms with Gasteiger partial charge in [-0.1, -0.05) is 23.2 Å². The van der Waals surface area contributed by atoms with Crippen LogP contribution in [-0.2, 0) is 4.79 Å². The number of nitrogens with zero attached hydrogens (tertiary/aromatic N) is 1. The first-order chi connectivity index (χ1) is 9.08. The normalized spacial score (nSPS) is 18.6. The number of anilines is 1. The van der Waals surface area contributed by atoms with Crippen molar-refractivity contribution in [1.82, 2.24) is 4.90 Å². The summed E-state index contributed by atoms with van der Waals surface area (Å²) in [6.07, 6.45) is 1.07. The Hall–Kier alpha value is -0.520. The molecule has 1 fully saturated rings. The fourth-order valence-electron chi connectivity index (χ4n) is 2.23. The van der Waals surface area contributed by atoms with E-state index in [1.165, 1.54) is 0 Å². The van der Waals surface area contributed by atoms with E-state index in [9.17, 15) is 4.79 Å². The molecule has 1 saturated heterocycles. The standard InChI is InChI=1S/C13H17Cl2N3O.ClH/c14-11-2-1-10(5-12(11)15)17-13(19)8-18-4-3-9(6-16)7-18;/h1-2,5,9H,3-4,6-8,16H2,(H,17,19);1H. The highest BCUT2D eigenvalue weighted by Crippen LogP contribution is 2.25. The van der Waals surface area contributed by atoms with Gasteiger partial charge in [-0.2, -0.15) is 0 Å². The summed E-state index contributed by atoms with van der Waals surface area (Å²) < 4.78 is 0. The van der Waals surface area contributed by atoms with Gasteiger partial charge in [0.2, 0.25) is 5.91 Å². The van der Waals surface area contributed by atoms with Gasteiger partial charge in [-0.05, 0) is 43.6 Å². The molecule has 4 nitrogen and oxygen atoms in total. The van der Waals surface area contributed by atoms with E-state index in [1.54, 1.807) is 18.2 Å². The van der Waals surface area contributed by atoms with Gasteiger partial charge in [-0.3, -0.25) is 9.69 Å². The SMILES string of the molecule is Cl.NCC1CCN(CC(=O)Nc2ccc(Cl)c(Cl)c2)C1. The maximum absolute atomic E-state index is 11.9. The van der Waals surface area contributed by atoms with Crippen LogP contribution < -0.4 is 11.1 Å². The maximum Gasteiger partial charge on any atom is 0.238 e. The van der Waals surface area contributed by atoms with Gasteiger partial charge in [-0.15, -0.1) is 12.4 Å². The van der Waals surface area contributed by atoms with Crippen molar-refractivity contribution in [1.29, 1.82) is 0 Å². The smallest absolute Gasteiger partial charge is 0.238 e. The van der Waals surface area contributed by atoms with Crippen molar-refractivity contribution in [3.05, 3.63) is 28.2 Å². The summed E-state index contributed by atoms with van der Waals surface area (Å²) in [4.78, 5) is 14.0. The molecular formula is C13H18Cl3N3O. The van der Waals surface area contributed by atoms with Crippen LogP contribution in [0.5, 0.6) is 0 Å². The number of benzene rings is 1. The lowest BCUT2D eigenvalue weighted by Crippen LogP contribution is -2.32. The second-order valence-electron chi connectivity index (χ2n) is 4.80. The number of nitrogens with one attached hydrogen (secondary N) is 1. The Balaban J connectivity index is 0.00000200. The molecule has 0 radical (unpaired) electrons. The van der Waals surface area contributed by atoms with Gasteiger partial charge in [0.05, 0.1) is 16.6 Å². The van der Waals surface area contributed by atoms with Gasteiger partial charge >= 0.3 is 0 Å². The van der Waals surface area contributed by atoms with Gasteiger partial charge in [-0.25, -0.2) is 0 Å². The van der Waals surface area contributed by atoms with Crippen molar-refractivity contribution in [2.75, 3.05) is 31.5 Å². The molecule has 0 aliphatic carbocycles. The predicted octanol–water partition coefficient (Wildman–Crippen LogP) is 2.63. The van der Waals surface area contributed by atoms with Crippen LogP contribution in [0.15, 0.2) is 18.2 Å². The van der Waals surface area contributed by atoms with E-state index in [-0.39, 0.29) is 18.3 Å². The Morgan fingerprint density at radius 2 is 2.15 bits per heavy atom. The monoisotopic (exact) mass is 337 g/mol. The molecule has 0 aromatic heterocycles. The van der Waals surface area contributed by atoms with Crippen molar-refractivity contribution < 1.29 is 4.79 Å². The third kappa shape index (κ3) is 4.79. The number of hydrogen-bond acceptors (Lipinski definition) is 3. The second-order valence-corrected chi connectivity index (χ2v) is 5.62. The quantitative estimate of drug-likeness (QED) is 0.887. The van der Waals surface area contributed by atoms with Gasteiger partial charge in [0.25, 0.3) is 0 Å². The highest BCUT2D eigenvalue weighted by atomic mass is 35.5. The lowest BCUT2D eigenvalue weighted by Gasteiger charge is -2.15. The summed E-state index contributed by atoms with van der Waals surface area (Å²) >= 11 is 11.7. The highest BCUT2D eigenvalue weighted by molar-refractivity contribution is 6.42. The van der Waals surface area contributed by atoms with Crippen LogP contribution in [0.1, 0.15) is 6.42 Å². The third-order valence-electron chi connectivity index (χ3n) is 3.27. The molecule has 1 unspecified atom stereocenters. The Bertz CT molecular complexity index is 470. The summed E-state index contributed by atoms with van der Waals surface area (Å²) in [5, 5.41) is 3.73. The lowest BCUT2D eigenvalue weighted by molar-refractivity contribution is -0.117. The number of carbonyl (C=O) groups is 1. The molecule has 1 aromatic rings. The Morgan fingerprint density at radius 3 is 2.75 bits per heavy atom. The van der Waals surface area contributed by atoms with E-state index in [0.29, 0.717) is 34.7 Å². The molecule has 112 valence electrons. The van der Waals surface area contributed by atoms with Crippen molar-refractivity contribution in [3.63, 3.8) is 0 Å². The number of nitrogens with two attached hydrogens (primary N) is 1. The minimum Gasteiger partial charge on any atom is -0.330 e. The third-order valence-corrected chi connectivity index (χ3v) is 4.01. The first-order valence-corrected chi connectivity index (χ1v) is 7.01. The van der Waals surface area contributed by atoms with E-state index >= 15 is 0 Å². The largest absolute Gasteiger partial charge is 0.330 e. The Kier molecular flexibility index (Phi) is 7.06. The zero-order valence-electron chi connectivity index (χ0n) is 10.9. The number of carbonyl (C=O) groups excluding carboxylic acids is 1. The Labute approximate surface area is 135 Å². The number of amides is 1. The molecule has 20 heavy (non-hydrogen) atoms. The van der Waals surface area contributed by atoms with Crippen molar-refractivity contribution in [2.24, 2.45) is 11.7 Å². The van der Waals surface area contributed by atoms with Gasteiger partial charge in [0, 0.05) is 12.2 Å². The minimum absolute atomic E-state index is 0. The van der Waals surface area contributed by atoms with Crippen molar-refractivity contribution >= 4 is 47.2 Å². The molecule has 0 bridgehead atoms.